The summed E-state index contributed by atoms with van der Waals surface area (Å²) >= 11 is 0. The molecule has 0 aliphatic heterocycles. The Morgan fingerprint density at radius 1 is 0.623 bits per heavy atom. The summed E-state index contributed by atoms with van der Waals surface area (Å²) in [7, 11) is -13.9. The molecule has 1 heterocycles. The van der Waals surface area contributed by atoms with Crippen LogP contribution in [0.3, 0.4) is 0 Å². The number of aliphatic hydroxyl groups excluding tert-OH is 2. The number of aromatic carboxylic acids is 2. The Morgan fingerprint density at radius 3 is 1.74 bits per heavy atom. The topological polar surface area (TPSA) is 438 Å². The first-order valence-electron chi connectivity index (χ1n) is 18.7. The van der Waals surface area contributed by atoms with Crippen LogP contribution in [0.5, 0.6) is 28.9 Å². The van der Waals surface area contributed by atoms with Gasteiger partial charge in [-0.05, 0) is 42.5 Å². The fraction of sp³-hybridized carbons (Fsp3) is 0.132. The van der Waals surface area contributed by atoms with E-state index in [-0.39, 0.29) is 57.4 Å². The maximum Gasteiger partial charge on any atom is 0.358 e. The summed E-state index contributed by atoms with van der Waals surface area (Å²) in [6, 6.07) is 12.1. The number of rotatable bonds is 19. The minimum atomic E-state index is -5.39. The Kier molecular flexibility index (Phi) is 14.6. The SMILES string of the molecule is COc1ccc(/N=N/c2cc(OCCO)c(/N=N/c3c(S(=O)(=O)O)cc4c(-n5nc(C(=O)O)c(/N=N/c6ccc(S(=O)(=O)O)cc6C(=O)O)c5O)cccc4c3O)cc2OCCO)c(S(=O)(=O)O)c1. The average molecular weight is 1020 g/mol. The van der Waals surface area contributed by atoms with Crippen LogP contribution >= 0.6 is 0 Å². The molecule has 0 saturated heterocycles. The molecule has 1 aromatic heterocycles. The van der Waals surface area contributed by atoms with Gasteiger partial charge in [-0.25, -0.2) is 9.59 Å². The monoisotopic (exact) mass is 1020 g/mol. The van der Waals surface area contributed by atoms with Crippen LogP contribution in [0.1, 0.15) is 20.8 Å². The van der Waals surface area contributed by atoms with Gasteiger partial charge < -0.3 is 44.8 Å². The number of ether oxygens (including phenoxy) is 3. The number of hydrogen-bond acceptors (Lipinski definition) is 22. The molecular weight excluding hydrogens is 985 g/mol. The van der Waals surface area contributed by atoms with E-state index in [0.29, 0.717) is 10.7 Å². The first kappa shape index (κ1) is 50.4. The minimum absolute atomic E-state index is 0.0485. The van der Waals surface area contributed by atoms with Gasteiger partial charge in [0.05, 0.1) is 36.5 Å². The maximum atomic E-state index is 12.9. The molecular formula is C38H32N8O20S3. The zero-order valence-corrected chi connectivity index (χ0v) is 37.0. The van der Waals surface area contributed by atoms with Crippen LogP contribution < -0.4 is 14.2 Å². The molecule has 31 heteroatoms. The van der Waals surface area contributed by atoms with Crippen molar-refractivity contribution < 1.29 is 93.4 Å². The number of carbonyl (C=O) groups is 2. The number of aliphatic hydroxyl groups is 2. The zero-order chi connectivity index (χ0) is 50.6. The Hall–Kier alpha value is -8.04. The number of carboxylic acids is 2. The smallest absolute Gasteiger partial charge is 0.358 e. The Balaban J connectivity index is 1.48. The molecule has 5 aromatic carbocycles. The van der Waals surface area contributed by atoms with Gasteiger partial charge in [-0.1, -0.05) is 12.1 Å². The van der Waals surface area contributed by atoms with E-state index in [0.717, 1.165) is 48.5 Å². The highest BCUT2D eigenvalue weighted by Crippen LogP contribution is 2.47. The largest absolute Gasteiger partial charge is 0.505 e. The van der Waals surface area contributed by atoms with Gasteiger partial charge in [0, 0.05) is 29.0 Å². The van der Waals surface area contributed by atoms with Crippen LogP contribution in [-0.4, -0.2) is 125 Å². The van der Waals surface area contributed by atoms with Crippen molar-refractivity contribution in [1.82, 2.24) is 9.78 Å². The maximum absolute atomic E-state index is 12.9. The third kappa shape index (κ3) is 11.1. The van der Waals surface area contributed by atoms with Gasteiger partial charge in [0.2, 0.25) is 11.6 Å². The van der Waals surface area contributed by atoms with Crippen LogP contribution in [0, 0.1) is 0 Å². The number of carboxylic acid groups (broad SMARTS) is 2. The number of aromatic hydroxyl groups is 2. The second-order valence-electron chi connectivity index (χ2n) is 13.5. The van der Waals surface area contributed by atoms with Crippen molar-refractivity contribution in [1.29, 1.82) is 0 Å². The first-order chi connectivity index (χ1) is 32.5. The predicted octanol–water partition coefficient (Wildman–Crippen LogP) is 5.57. The normalized spacial score (nSPS) is 12.4. The number of aromatic nitrogens is 2. The third-order valence-electron chi connectivity index (χ3n) is 9.08. The van der Waals surface area contributed by atoms with Crippen LogP contribution in [0.4, 0.5) is 34.1 Å². The third-order valence-corrected chi connectivity index (χ3v) is 11.7. The second kappa shape index (κ2) is 20.1. The van der Waals surface area contributed by atoms with Crippen LogP contribution in [0.15, 0.2) is 118 Å². The van der Waals surface area contributed by atoms with Gasteiger partial charge in [0.25, 0.3) is 30.4 Å². The van der Waals surface area contributed by atoms with Crippen molar-refractivity contribution in [3.63, 3.8) is 0 Å². The molecule has 0 radical (unpaired) electrons. The molecule has 0 bridgehead atoms. The van der Waals surface area contributed by atoms with E-state index < -0.39 is 117 Å². The summed E-state index contributed by atoms with van der Waals surface area (Å²) in [6.45, 7) is -1.89. The second-order valence-corrected chi connectivity index (χ2v) is 17.7. The molecule has 0 saturated carbocycles. The lowest BCUT2D eigenvalue weighted by molar-refractivity contribution is 0.0682. The Morgan fingerprint density at radius 2 is 1.19 bits per heavy atom. The van der Waals surface area contributed by atoms with Crippen molar-refractivity contribution in [3.8, 4) is 34.6 Å². The lowest BCUT2D eigenvalue weighted by Gasteiger charge is -2.14. The molecule has 0 amide bonds. The number of methoxy groups -OCH3 is 1. The van der Waals surface area contributed by atoms with Crippen LogP contribution in [0.25, 0.3) is 16.5 Å². The fourth-order valence-electron chi connectivity index (χ4n) is 6.04. The lowest BCUT2D eigenvalue weighted by atomic mass is 10.1. The van der Waals surface area contributed by atoms with E-state index >= 15 is 0 Å². The quantitative estimate of drug-likeness (QED) is 0.0353. The summed E-state index contributed by atoms with van der Waals surface area (Å²) in [5, 5.41) is 87.6. The summed E-state index contributed by atoms with van der Waals surface area (Å²) in [4.78, 5) is 21.5. The van der Waals surface area contributed by atoms with E-state index in [1.54, 1.807) is 0 Å². The van der Waals surface area contributed by atoms with Gasteiger partial charge in [-0.3, -0.25) is 13.7 Å². The van der Waals surface area contributed by atoms with Gasteiger partial charge in [0.15, 0.2) is 11.4 Å². The van der Waals surface area contributed by atoms with Crippen molar-refractivity contribution in [2.75, 3.05) is 33.5 Å². The zero-order valence-electron chi connectivity index (χ0n) is 34.6. The standard InChI is InChI=1S/C38H32N8O20S3/c1-64-18-5-7-24(30(13-18)68(58,59)60)40-41-25-16-29(66-12-10-48)26(17-28(25)65-11-9-47)42-43-32-31(69(61,62)63)15-21-20(35(32)49)3-2-4-27(21)46-36(50)33(34(45-46)38(53)54)44-39-23-8-6-19(67(55,56)57)14-22(23)37(51)52/h2-8,13-17,47-50H,9-12H2,1H3,(H,51,52)(H,53,54)(H,55,56,57)(H,58,59,60)(H,61,62,63)/b41-40+,43-42+,44-39+. The van der Waals surface area contributed by atoms with Gasteiger partial charge in [-0.15, -0.1) is 30.7 Å². The summed E-state index contributed by atoms with van der Waals surface area (Å²) in [5.41, 5.74) is -5.50. The molecule has 6 rings (SSSR count). The molecule has 0 atom stereocenters. The molecule has 0 spiro atoms. The number of nitrogens with zero attached hydrogens (tertiary/aromatic N) is 8. The van der Waals surface area contributed by atoms with Crippen molar-refractivity contribution >= 4 is 87.2 Å². The van der Waals surface area contributed by atoms with Gasteiger partial charge in [0.1, 0.15) is 68.7 Å². The molecule has 69 heavy (non-hydrogen) atoms. The summed E-state index contributed by atoms with van der Waals surface area (Å²) in [5.74, 6) is -6.12. The van der Waals surface area contributed by atoms with Crippen molar-refractivity contribution in [2.45, 2.75) is 14.7 Å². The lowest BCUT2D eigenvalue weighted by Crippen LogP contribution is -2.04. The van der Waals surface area contributed by atoms with Gasteiger partial charge in [-0.2, -0.15) is 35.0 Å². The molecule has 362 valence electrons. The van der Waals surface area contributed by atoms with E-state index in [9.17, 15) is 79.1 Å². The predicted molar refractivity (Wildman–Crippen MR) is 231 cm³/mol. The number of phenols is 1. The van der Waals surface area contributed by atoms with Crippen LogP contribution in [-0.2, 0) is 30.4 Å². The van der Waals surface area contributed by atoms with E-state index in [1.165, 1.54) is 25.3 Å². The molecule has 6 aromatic rings. The highest BCUT2D eigenvalue weighted by molar-refractivity contribution is 7.86. The number of phenolic OH excluding ortho intramolecular Hbond substituents is 1. The number of benzene rings is 5. The van der Waals surface area contributed by atoms with Crippen molar-refractivity contribution in [2.24, 2.45) is 30.7 Å². The highest BCUT2D eigenvalue weighted by atomic mass is 32.2. The van der Waals surface area contributed by atoms with E-state index in [2.05, 4.69) is 35.8 Å². The molecule has 0 unspecified atom stereocenters. The average Bonchev–Trinajstić information content (AvgIpc) is 3.62. The van der Waals surface area contributed by atoms with Crippen LogP contribution in [0.2, 0.25) is 0 Å². The van der Waals surface area contributed by atoms with Gasteiger partial charge >= 0.3 is 11.9 Å². The van der Waals surface area contributed by atoms with E-state index in [1.807, 2.05) is 0 Å². The number of azo groups is 3. The molecule has 0 aliphatic rings. The van der Waals surface area contributed by atoms with Crippen molar-refractivity contribution in [3.05, 3.63) is 84.1 Å². The summed E-state index contributed by atoms with van der Waals surface area (Å²) < 4.78 is 119. The molecule has 9 N–H and O–H groups in total. The molecule has 0 aliphatic carbocycles. The first-order valence-corrected chi connectivity index (χ1v) is 23.0. The minimum Gasteiger partial charge on any atom is -0.505 e. The number of hydrogen-bond donors (Lipinski definition) is 9. The number of fused-ring (bicyclic) bond motifs is 1. The summed E-state index contributed by atoms with van der Waals surface area (Å²) in [6.07, 6.45) is 0. The van der Waals surface area contributed by atoms with E-state index in [4.69, 9.17) is 14.2 Å². The fourth-order valence-corrected chi connectivity index (χ4v) is 7.83. The molecule has 0 fully saturated rings. The molecule has 28 nitrogen and oxygen atoms in total. The highest BCUT2D eigenvalue weighted by Gasteiger charge is 2.29. The Labute approximate surface area is 386 Å². The Bertz CT molecular complexity index is 3490.